The third-order valence-corrected chi connectivity index (χ3v) is 3.40. The van der Waals surface area contributed by atoms with E-state index in [1.807, 2.05) is 4.90 Å². The van der Waals surface area contributed by atoms with Gasteiger partial charge in [-0.15, -0.1) is 0 Å². The molecule has 1 aliphatic heterocycles. The predicted octanol–water partition coefficient (Wildman–Crippen LogP) is 2.19. The lowest BCUT2D eigenvalue weighted by Crippen LogP contribution is -2.45. The standard InChI is InChI=1S/C13H17F3N2/c1-9-2-3-10(13(16)12(9)15)11(8-14)18-6-4-17-5-7-18/h2-3,11,17H,4-8H2,1H3/t11-/m1/s1. The van der Waals surface area contributed by atoms with E-state index in [-0.39, 0.29) is 11.1 Å². The Hall–Kier alpha value is -1.07. The van der Waals surface area contributed by atoms with E-state index in [4.69, 9.17) is 0 Å². The van der Waals surface area contributed by atoms with Gasteiger partial charge in [-0.25, -0.2) is 13.2 Å². The van der Waals surface area contributed by atoms with Gasteiger partial charge in [-0.2, -0.15) is 0 Å². The van der Waals surface area contributed by atoms with Crippen molar-refractivity contribution in [1.29, 1.82) is 0 Å². The van der Waals surface area contributed by atoms with Gasteiger partial charge in [0.1, 0.15) is 6.67 Å². The van der Waals surface area contributed by atoms with Crippen molar-refractivity contribution in [3.63, 3.8) is 0 Å². The molecular formula is C13H17F3N2. The summed E-state index contributed by atoms with van der Waals surface area (Å²) in [6, 6.07) is 2.29. The molecule has 0 aromatic heterocycles. The zero-order valence-electron chi connectivity index (χ0n) is 10.3. The molecule has 1 aliphatic rings. The normalized spacial score (nSPS) is 18.9. The Bertz CT molecular complexity index is 417. The van der Waals surface area contributed by atoms with Crippen LogP contribution in [0.4, 0.5) is 13.2 Å². The first-order valence-corrected chi connectivity index (χ1v) is 6.10. The smallest absolute Gasteiger partial charge is 0.163 e. The van der Waals surface area contributed by atoms with Crippen LogP contribution in [0.2, 0.25) is 0 Å². The first kappa shape index (κ1) is 13.4. The molecule has 1 aromatic carbocycles. The molecule has 1 atom stereocenters. The fourth-order valence-electron chi connectivity index (χ4n) is 2.29. The maximum atomic E-state index is 13.9. The Labute approximate surface area is 105 Å². The summed E-state index contributed by atoms with van der Waals surface area (Å²) < 4.78 is 40.6. The van der Waals surface area contributed by atoms with Gasteiger partial charge in [0.25, 0.3) is 0 Å². The first-order valence-electron chi connectivity index (χ1n) is 6.10. The van der Waals surface area contributed by atoms with Crippen molar-refractivity contribution >= 4 is 0 Å². The lowest BCUT2D eigenvalue weighted by Gasteiger charge is -2.33. The van der Waals surface area contributed by atoms with Gasteiger partial charge in [-0.05, 0) is 12.5 Å². The molecule has 0 saturated carbocycles. The highest BCUT2D eigenvalue weighted by atomic mass is 19.2. The molecule has 1 aromatic rings. The topological polar surface area (TPSA) is 15.3 Å². The van der Waals surface area contributed by atoms with Crippen LogP contribution in [0.5, 0.6) is 0 Å². The van der Waals surface area contributed by atoms with Crippen LogP contribution in [-0.2, 0) is 0 Å². The van der Waals surface area contributed by atoms with Gasteiger partial charge in [0.15, 0.2) is 11.6 Å². The summed E-state index contributed by atoms with van der Waals surface area (Å²) in [4.78, 5) is 1.85. The Morgan fingerprint density at radius 1 is 1.22 bits per heavy atom. The van der Waals surface area contributed by atoms with Crippen LogP contribution in [0.3, 0.4) is 0 Å². The number of rotatable bonds is 3. The van der Waals surface area contributed by atoms with Crippen LogP contribution in [0.25, 0.3) is 0 Å². The van der Waals surface area contributed by atoms with Crippen molar-refractivity contribution in [2.45, 2.75) is 13.0 Å². The third-order valence-electron chi connectivity index (χ3n) is 3.40. The minimum Gasteiger partial charge on any atom is -0.314 e. The molecule has 5 heteroatoms. The number of hydrogen-bond acceptors (Lipinski definition) is 2. The van der Waals surface area contributed by atoms with Crippen molar-refractivity contribution < 1.29 is 13.2 Å². The molecule has 2 rings (SSSR count). The van der Waals surface area contributed by atoms with Gasteiger partial charge >= 0.3 is 0 Å². The monoisotopic (exact) mass is 258 g/mol. The fraction of sp³-hybridized carbons (Fsp3) is 0.538. The van der Waals surface area contributed by atoms with Crippen molar-refractivity contribution in [3.8, 4) is 0 Å². The van der Waals surface area contributed by atoms with Crippen LogP contribution in [0.15, 0.2) is 12.1 Å². The highest BCUT2D eigenvalue weighted by molar-refractivity contribution is 5.28. The van der Waals surface area contributed by atoms with E-state index in [9.17, 15) is 13.2 Å². The van der Waals surface area contributed by atoms with Gasteiger partial charge in [-0.1, -0.05) is 12.1 Å². The first-order chi connectivity index (χ1) is 8.65. The number of piperazine rings is 1. The highest BCUT2D eigenvalue weighted by Crippen LogP contribution is 2.27. The van der Waals surface area contributed by atoms with E-state index in [0.717, 1.165) is 13.1 Å². The zero-order chi connectivity index (χ0) is 13.1. The van der Waals surface area contributed by atoms with Crippen LogP contribution >= 0.6 is 0 Å². The largest absolute Gasteiger partial charge is 0.314 e. The molecule has 0 amide bonds. The van der Waals surface area contributed by atoms with E-state index < -0.39 is 24.4 Å². The van der Waals surface area contributed by atoms with E-state index in [0.29, 0.717) is 13.1 Å². The van der Waals surface area contributed by atoms with Crippen LogP contribution in [0, 0.1) is 18.6 Å². The number of hydrogen-bond donors (Lipinski definition) is 1. The van der Waals surface area contributed by atoms with E-state index in [2.05, 4.69) is 5.32 Å². The average Bonchev–Trinajstić information content (AvgIpc) is 2.41. The zero-order valence-corrected chi connectivity index (χ0v) is 10.3. The molecule has 1 heterocycles. The molecule has 18 heavy (non-hydrogen) atoms. The lowest BCUT2D eigenvalue weighted by atomic mass is 10.0. The van der Waals surface area contributed by atoms with Crippen molar-refractivity contribution in [2.24, 2.45) is 0 Å². The van der Waals surface area contributed by atoms with Gasteiger partial charge in [0, 0.05) is 31.7 Å². The van der Waals surface area contributed by atoms with Gasteiger partial charge < -0.3 is 5.32 Å². The summed E-state index contributed by atoms with van der Waals surface area (Å²) in [7, 11) is 0. The lowest BCUT2D eigenvalue weighted by molar-refractivity contribution is 0.144. The molecule has 0 unspecified atom stereocenters. The number of benzene rings is 1. The van der Waals surface area contributed by atoms with Crippen LogP contribution < -0.4 is 5.32 Å². The Balaban J connectivity index is 2.29. The number of halogens is 3. The number of nitrogens with one attached hydrogen (secondary N) is 1. The van der Waals surface area contributed by atoms with Crippen molar-refractivity contribution in [1.82, 2.24) is 10.2 Å². The summed E-state index contributed by atoms with van der Waals surface area (Å²) in [6.45, 7) is 3.56. The van der Waals surface area contributed by atoms with E-state index in [1.165, 1.54) is 19.1 Å². The summed E-state index contributed by atoms with van der Waals surface area (Å²) >= 11 is 0. The molecular weight excluding hydrogens is 241 g/mol. The quantitative estimate of drug-likeness (QED) is 0.894. The van der Waals surface area contributed by atoms with Gasteiger partial charge in [-0.3, -0.25) is 4.90 Å². The van der Waals surface area contributed by atoms with Crippen LogP contribution in [0.1, 0.15) is 17.2 Å². The second-order valence-electron chi connectivity index (χ2n) is 4.56. The number of aryl methyl sites for hydroxylation is 1. The molecule has 0 bridgehead atoms. The summed E-state index contributed by atoms with van der Waals surface area (Å²) in [6.07, 6.45) is 0. The van der Waals surface area contributed by atoms with Crippen molar-refractivity contribution in [3.05, 3.63) is 34.9 Å². The maximum Gasteiger partial charge on any atom is 0.163 e. The molecule has 1 N–H and O–H groups in total. The van der Waals surface area contributed by atoms with Gasteiger partial charge in [0.05, 0.1) is 6.04 Å². The van der Waals surface area contributed by atoms with Crippen LogP contribution in [-0.4, -0.2) is 37.8 Å². The third kappa shape index (κ3) is 2.52. The van der Waals surface area contributed by atoms with Gasteiger partial charge in [0.2, 0.25) is 0 Å². The van der Waals surface area contributed by atoms with E-state index >= 15 is 0 Å². The Morgan fingerprint density at radius 3 is 2.50 bits per heavy atom. The summed E-state index contributed by atoms with van der Waals surface area (Å²) in [5.74, 6) is -1.79. The Kier molecular flexibility index (Phi) is 4.24. The summed E-state index contributed by atoms with van der Waals surface area (Å²) in [5.41, 5.74) is 0.358. The second-order valence-corrected chi connectivity index (χ2v) is 4.56. The Morgan fingerprint density at radius 2 is 1.89 bits per heavy atom. The molecule has 1 saturated heterocycles. The molecule has 2 nitrogen and oxygen atoms in total. The molecule has 0 radical (unpaired) electrons. The SMILES string of the molecule is Cc1ccc([C@@H](CF)N2CCNCC2)c(F)c1F. The fourth-order valence-corrected chi connectivity index (χ4v) is 2.29. The minimum absolute atomic E-state index is 0.113. The number of nitrogens with zero attached hydrogens (tertiary/aromatic N) is 1. The molecule has 0 aliphatic carbocycles. The summed E-state index contributed by atoms with van der Waals surface area (Å²) in [5, 5.41) is 3.15. The molecule has 1 fully saturated rings. The minimum atomic E-state index is -0.920. The molecule has 0 spiro atoms. The van der Waals surface area contributed by atoms with E-state index in [1.54, 1.807) is 0 Å². The van der Waals surface area contributed by atoms with Crippen molar-refractivity contribution in [2.75, 3.05) is 32.9 Å². The average molecular weight is 258 g/mol. The predicted molar refractivity (Wildman–Crippen MR) is 64.3 cm³/mol. The molecule has 100 valence electrons. The second kappa shape index (κ2) is 5.71. The maximum absolute atomic E-state index is 13.9. The highest BCUT2D eigenvalue weighted by Gasteiger charge is 2.26. The number of alkyl halides is 1.